The van der Waals surface area contributed by atoms with Gasteiger partial charge in [-0.2, -0.15) is 0 Å². The molecule has 18 heavy (non-hydrogen) atoms. The van der Waals surface area contributed by atoms with E-state index in [1.54, 1.807) is 0 Å². The van der Waals surface area contributed by atoms with Crippen molar-refractivity contribution in [2.45, 2.75) is 40.5 Å². The van der Waals surface area contributed by atoms with Crippen molar-refractivity contribution in [1.29, 1.82) is 0 Å². The molecular weight excluding hydrogens is 246 g/mol. The summed E-state index contributed by atoms with van der Waals surface area (Å²) in [5, 5.41) is 0. The number of carbonyl (C=O) groups is 2. The van der Waals surface area contributed by atoms with Crippen LogP contribution in [0.2, 0.25) is 0 Å². The summed E-state index contributed by atoms with van der Waals surface area (Å²) in [5.41, 5.74) is 5.19. The highest BCUT2D eigenvalue weighted by Crippen LogP contribution is 2.21. The molecule has 0 aliphatic rings. The van der Waals surface area contributed by atoms with E-state index in [9.17, 15) is 9.59 Å². The van der Waals surface area contributed by atoms with Crippen LogP contribution in [0.5, 0.6) is 0 Å². The van der Waals surface area contributed by atoms with E-state index in [2.05, 4.69) is 20.1 Å². The number of hydrogen-bond acceptors (Lipinski definition) is 2. The summed E-state index contributed by atoms with van der Waals surface area (Å²) < 4.78 is 0. The maximum absolute atomic E-state index is 12.1. The fourth-order valence-electron chi connectivity index (χ4n) is 2.08. The molecule has 0 aromatic heterocycles. The van der Waals surface area contributed by atoms with Crippen molar-refractivity contribution >= 4 is 22.6 Å². The lowest BCUT2D eigenvalue weighted by molar-refractivity contribution is -0.126. The summed E-state index contributed by atoms with van der Waals surface area (Å²) in [5.74, 6) is 2.28. The van der Waals surface area contributed by atoms with E-state index in [0.29, 0.717) is 17.5 Å². The monoisotopic (exact) mass is 274 g/mol. The molecule has 0 radical (unpaired) electrons. The maximum Gasteiger partial charge on any atom is 0.267 e. The van der Waals surface area contributed by atoms with Crippen molar-refractivity contribution in [2.75, 3.05) is 17.8 Å². The molecule has 2 unspecified atom stereocenters. The Morgan fingerprint density at radius 1 is 1.17 bits per heavy atom. The normalized spacial score (nSPS) is 14.8. The van der Waals surface area contributed by atoms with Gasteiger partial charge in [0.1, 0.15) is 11.5 Å². The standard InChI is InChI=1S/C14H27NO2S/c1-10(2)8-12(14(17)11(3)4)6-7-18(5)9-13(15)16/h10-12H,6-9H2,1-5H3,(H-,15,16)/p+1. The quantitative estimate of drug-likeness (QED) is 0.654. The molecule has 0 spiro atoms. The average Bonchev–Trinajstić information content (AvgIpc) is 2.21. The minimum Gasteiger partial charge on any atom is -0.366 e. The van der Waals surface area contributed by atoms with Crippen LogP contribution < -0.4 is 5.73 Å². The maximum atomic E-state index is 12.1. The molecule has 0 bridgehead atoms. The van der Waals surface area contributed by atoms with Gasteiger partial charge in [-0.05, 0) is 23.2 Å². The molecule has 2 N–H and O–H groups in total. The highest BCUT2D eigenvalue weighted by Gasteiger charge is 2.25. The van der Waals surface area contributed by atoms with Crippen LogP contribution in [0.15, 0.2) is 0 Å². The van der Waals surface area contributed by atoms with Gasteiger partial charge in [0.15, 0.2) is 5.75 Å². The molecule has 2 atom stereocenters. The van der Waals surface area contributed by atoms with Crippen molar-refractivity contribution in [2.24, 2.45) is 23.5 Å². The Balaban J connectivity index is 4.32. The van der Waals surface area contributed by atoms with Gasteiger partial charge in [0.2, 0.25) is 0 Å². The number of carbonyl (C=O) groups excluding carboxylic acids is 2. The Morgan fingerprint density at radius 3 is 2.11 bits per heavy atom. The number of rotatable bonds is 9. The van der Waals surface area contributed by atoms with Crippen LogP contribution in [0.4, 0.5) is 0 Å². The Labute approximate surface area is 114 Å². The van der Waals surface area contributed by atoms with E-state index in [0.717, 1.165) is 18.6 Å². The van der Waals surface area contributed by atoms with Gasteiger partial charge in [0, 0.05) is 18.3 Å². The molecule has 0 rings (SSSR count). The number of Topliss-reactive ketones (excluding diaryl/α,β-unsaturated/α-hetero) is 1. The first kappa shape index (κ1) is 17.5. The van der Waals surface area contributed by atoms with Crippen LogP contribution in [0.3, 0.4) is 0 Å². The van der Waals surface area contributed by atoms with Crippen LogP contribution in [0.1, 0.15) is 40.5 Å². The van der Waals surface area contributed by atoms with Crippen LogP contribution in [-0.2, 0) is 20.5 Å². The Bertz CT molecular complexity index is 277. The SMILES string of the molecule is CC(C)CC(CC[S+](C)CC(N)=O)C(=O)C(C)C. The minimum atomic E-state index is -0.239. The summed E-state index contributed by atoms with van der Waals surface area (Å²) in [6, 6.07) is 0. The van der Waals surface area contributed by atoms with E-state index >= 15 is 0 Å². The zero-order valence-electron chi connectivity index (χ0n) is 12.4. The van der Waals surface area contributed by atoms with E-state index in [4.69, 9.17) is 5.73 Å². The fraction of sp³-hybridized carbons (Fsp3) is 0.857. The van der Waals surface area contributed by atoms with Crippen LogP contribution >= 0.6 is 0 Å². The van der Waals surface area contributed by atoms with E-state index in [1.807, 2.05) is 13.8 Å². The van der Waals surface area contributed by atoms with Crippen LogP contribution in [-0.4, -0.2) is 29.5 Å². The molecule has 0 aliphatic heterocycles. The zero-order chi connectivity index (χ0) is 14.3. The molecule has 0 heterocycles. The molecular formula is C14H28NO2S+. The van der Waals surface area contributed by atoms with Gasteiger partial charge in [-0.3, -0.25) is 9.59 Å². The predicted octanol–water partition coefficient (Wildman–Crippen LogP) is 2.00. The van der Waals surface area contributed by atoms with Gasteiger partial charge in [-0.25, -0.2) is 0 Å². The first-order valence-corrected chi connectivity index (χ1v) is 8.62. The number of ketones is 1. The number of nitrogens with two attached hydrogens (primary N) is 1. The summed E-state index contributed by atoms with van der Waals surface area (Å²) >= 11 is 0. The highest BCUT2D eigenvalue weighted by atomic mass is 32.2. The van der Waals surface area contributed by atoms with Crippen molar-refractivity contribution in [3.8, 4) is 0 Å². The van der Waals surface area contributed by atoms with Gasteiger partial charge in [-0.15, -0.1) is 0 Å². The largest absolute Gasteiger partial charge is 0.366 e. The summed E-state index contributed by atoms with van der Waals surface area (Å²) in [6.07, 6.45) is 3.89. The van der Waals surface area contributed by atoms with Gasteiger partial charge in [0.05, 0.1) is 6.26 Å². The highest BCUT2D eigenvalue weighted by molar-refractivity contribution is 7.96. The zero-order valence-corrected chi connectivity index (χ0v) is 13.2. The topological polar surface area (TPSA) is 60.2 Å². The van der Waals surface area contributed by atoms with Gasteiger partial charge in [-0.1, -0.05) is 27.7 Å². The average molecular weight is 274 g/mol. The number of primary amides is 1. The summed E-state index contributed by atoms with van der Waals surface area (Å²) in [6.45, 7) is 8.22. The third-order valence-corrected chi connectivity index (χ3v) is 4.64. The molecule has 3 nitrogen and oxygen atoms in total. The third kappa shape index (κ3) is 7.75. The smallest absolute Gasteiger partial charge is 0.267 e. The predicted molar refractivity (Wildman–Crippen MR) is 79.6 cm³/mol. The molecule has 0 aromatic carbocycles. The minimum absolute atomic E-state index is 0.00793. The van der Waals surface area contributed by atoms with Crippen LogP contribution in [0, 0.1) is 17.8 Å². The Morgan fingerprint density at radius 2 is 1.72 bits per heavy atom. The van der Waals surface area contributed by atoms with Gasteiger partial charge < -0.3 is 5.73 Å². The third-order valence-electron chi connectivity index (χ3n) is 2.93. The number of amides is 1. The Kier molecular flexibility index (Phi) is 8.32. The second-order valence-electron chi connectivity index (χ2n) is 5.77. The molecule has 4 heteroatoms. The van der Waals surface area contributed by atoms with Crippen LogP contribution in [0.25, 0.3) is 0 Å². The van der Waals surface area contributed by atoms with Gasteiger partial charge >= 0.3 is 0 Å². The molecule has 0 aromatic rings. The first-order valence-electron chi connectivity index (χ1n) is 6.65. The fourth-order valence-corrected chi connectivity index (χ4v) is 3.39. The number of hydrogen-bond donors (Lipinski definition) is 1. The van der Waals surface area contributed by atoms with Crippen molar-refractivity contribution in [1.82, 2.24) is 0 Å². The molecule has 0 fully saturated rings. The second-order valence-corrected chi connectivity index (χ2v) is 8.03. The summed E-state index contributed by atoms with van der Waals surface area (Å²) in [4.78, 5) is 23.0. The van der Waals surface area contributed by atoms with E-state index in [1.165, 1.54) is 0 Å². The molecule has 0 aliphatic carbocycles. The Hall–Kier alpha value is -0.510. The summed E-state index contributed by atoms with van der Waals surface area (Å²) in [7, 11) is 0.00793. The lowest BCUT2D eigenvalue weighted by Crippen LogP contribution is -2.28. The van der Waals surface area contributed by atoms with Crippen molar-refractivity contribution in [3.63, 3.8) is 0 Å². The lowest BCUT2D eigenvalue weighted by Gasteiger charge is -2.19. The van der Waals surface area contributed by atoms with E-state index < -0.39 is 0 Å². The molecule has 106 valence electrons. The second kappa shape index (κ2) is 8.57. The first-order chi connectivity index (χ1) is 8.23. The molecule has 0 saturated carbocycles. The molecule has 0 saturated heterocycles. The lowest BCUT2D eigenvalue weighted by atomic mass is 9.86. The molecule has 1 amide bonds. The van der Waals surface area contributed by atoms with Gasteiger partial charge in [0.25, 0.3) is 5.91 Å². The van der Waals surface area contributed by atoms with Crippen molar-refractivity contribution < 1.29 is 9.59 Å². The van der Waals surface area contributed by atoms with Crippen molar-refractivity contribution in [3.05, 3.63) is 0 Å². The van der Waals surface area contributed by atoms with E-state index in [-0.39, 0.29) is 28.6 Å².